The number of anilines is 2. The first-order valence-corrected chi connectivity index (χ1v) is 14.1. The summed E-state index contributed by atoms with van der Waals surface area (Å²) in [5.74, 6) is -1.77. The number of amides is 1. The van der Waals surface area contributed by atoms with Crippen LogP contribution in [0.15, 0.2) is 53.8 Å². The second-order valence-corrected chi connectivity index (χ2v) is 11.1. The summed E-state index contributed by atoms with van der Waals surface area (Å²) in [5, 5.41) is 5.92. The molecule has 42 heavy (non-hydrogen) atoms. The predicted octanol–water partition coefficient (Wildman–Crippen LogP) is 5.87. The molecule has 0 aliphatic heterocycles. The Labute approximate surface area is 247 Å². The van der Waals surface area contributed by atoms with Crippen LogP contribution in [-0.2, 0) is 9.47 Å². The number of carbonyl (C=O) groups is 1. The van der Waals surface area contributed by atoms with E-state index in [4.69, 9.17) is 14.2 Å². The summed E-state index contributed by atoms with van der Waals surface area (Å²) in [6.45, 7) is 9.28. The lowest BCUT2D eigenvalue weighted by molar-refractivity contribution is 0.0501. The number of nitrogens with zero attached hydrogens (tertiary/aromatic N) is 3. The predicted molar refractivity (Wildman–Crippen MR) is 158 cm³/mol. The Balaban J connectivity index is 1.30. The molecule has 0 bridgehead atoms. The smallest absolute Gasteiger partial charge is 0.407 e. The van der Waals surface area contributed by atoms with Gasteiger partial charge in [0.05, 0.1) is 32.2 Å². The van der Waals surface area contributed by atoms with Gasteiger partial charge >= 0.3 is 6.09 Å². The van der Waals surface area contributed by atoms with Crippen molar-refractivity contribution in [1.82, 2.24) is 24.4 Å². The van der Waals surface area contributed by atoms with Crippen molar-refractivity contribution in [2.24, 2.45) is 0 Å². The zero-order chi connectivity index (χ0) is 30.3. The van der Waals surface area contributed by atoms with Crippen LogP contribution in [0.1, 0.15) is 26.3 Å². The summed E-state index contributed by atoms with van der Waals surface area (Å²) in [5.41, 5.74) is 2.20. The molecule has 0 atom stereocenters. The molecule has 13 heteroatoms. The molecule has 1 amide bonds. The Kier molecular flexibility index (Phi) is 10.2. The van der Waals surface area contributed by atoms with Gasteiger partial charge in [-0.1, -0.05) is 0 Å². The maximum atomic E-state index is 14.8. The topological polar surface area (TPSA) is 111 Å². The summed E-state index contributed by atoms with van der Waals surface area (Å²) in [4.78, 5) is 21.5. The van der Waals surface area contributed by atoms with Gasteiger partial charge in [-0.2, -0.15) is 4.39 Å². The van der Waals surface area contributed by atoms with Gasteiger partial charge in [0, 0.05) is 41.6 Å². The van der Waals surface area contributed by atoms with Gasteiger partial charge in [0.1, 0.15) is 5.60 Å². The van der Waals surface area contributed by atoms with E-state index in [1.165, 1.54) is 37.4 Å². The van der Waals surface area contributed by atoms with Crippen LogP contribution in [0.2, 0.25) is 0 Å². The van der Waals surface area contributed by atoms with Crippen molar-refractivity contribution in [3.8, 4) is 17.0 Å². The maximum Gasteiger partial charge on any atom is 0.407 e. The van der Waals surface area contributed by atoms with Crippen LogP contribution in [-0.4, -0.2) is 59.5 Å². The molecular formula is C29H34F2N6O4S. The second kappa shape index (κ2) is 13.8. The maximum absolute atomic E-state index is 14.8. The average molecular weight is 601 g/mol. The zero-order valence-corrected chi connectivity index (χ0v) is 24.9. The van der Waals surface area contributed by atoms with E-state index in [1.807, 2.05) is 45.9 Å². The fraction of sp³-hybridized carbons (Fsp3) is 0.345. The molecule has 10 nitrogen and oxygen atoms in total. The minimum absolute atomic E-state index is 0.0607. The minimum atomic E-state index is -1.06. The third-order valence-electron chi connectivity index (χ3n) is 5.85. The highest BCUT2D eigenvalue weighted by molar-refractivity contribution is 7.97. The number of imidazole rings is 1. The first kappa shape index (κ1) is 31.0. The van der Waals surface area contributed by atoms with Crippen molar-refractivity contribution in [2.75, 3.05) is 38.7 Å². The lowest BCUT2D eigenvalue weighted by Gasteiger charge is -2.19. The van der Waals surface area contributed by atoms with Crippen molar-refractivity contribution in [3.63, 3.8) is 0 Å². The minimum Gasteiger partial charge on any atom is -0.494 e. The summed E-state index contributed by atoms with van der Waals surface area (Å²) in [6, 6.07) is 8.72. The van der Waals surface area contributed by atoms with E-state index in [0.717, 1.165) is 16.1 Å². The van der Waals surface area contributed by atoms with Gasteiger partial charge in [-0.3, -0.25) is 9.12 Å². The summed E-state index contributed by atoms with van der Waals surface area (Å²) < 4.78 is 49.6. The third kappa shape index (κ3) is 7.87. The van der Waals surface area contributed by atoms with E-state index in [2.05, 4.69) is 25.3 Å². The number of alkyl carbamates (subject to hydrolysis) is 1. The van der Waals surface area contributed by atoms with Crippen molar-refractivity contribution < 1.29 is 27.8 Å². The molecule has 0 saturated heterocycles. The Hall–Kier alpha value is -3.94. The molecule has 2 heterocycles. The van der Waals surface area contributed by atoms with Crippen LogP contribution in [0, 0.1) is 18.6 Å². The molecule has 0 radical (unpaired) electrons. The normalized spacial score (nSPS) is 11.5. The van der Waals surface area contributed by atoms with Crippen LogP contribution in [0.3, 0.4) is 0 Å². The Morgan fingerprint density at radius 1 is 1.07 bits per heavy atom. The Morgan fingerprint density at radius 2 is 1.86 bits per heavy atom. The van der Waals surface area contributed by atoms with Crippen LogP contribution in [0.25, 0.3) is 16.9 Å². The molecular weight excluding hydrogens is 566 g/mol. The van der Waals surface area contributed by atoms with E-state index in [1.54, 1.807) is 16.8 Å². The Morgan fingerprint density at radius 3 is 2.60 bits per heavy atom. The SMILES string of the molecule is COc1ccc(-c2cnc3c(Nc4ccc(SNCCOCCNC(=O)OC(C)(C)C)c(C)c4)nccn23)c(F)c1F. The number of aromatic nitrogens is 3. The van der Waals surface area contributed by atoms with Crippen molar-refractivity contribution in [1.29, 1.82) is 0 Å². The highest BCUT2D eigenvalue weighted by Gasteiger charge is 2.19. The van der Waals surface area contributed by atoms with E-state index in [9.17, 15) is 13.6 Å². The number of hydrogen-bond acceptors (Lipinski definition) is 9. The average Bonchev–Trinajstić information content (AvgIpc) is 3.36. The first-order valence-electron chi connectivity index (χ1n) is 13.2. The molecule has 0 aliphatic carbocycles. The lowest BCUT2D eigenvalue weighted by Crippen LogP contribution is -2.34. The molecule has 4 rings (SSSR count). The molecule has 0 unspecified atom stereocenters. The number of benzene rings is 2. The number of aryl methyl sites for hydroxylation is 1. The number of ether oxygens (including phenoxy) is 3. The molecule has 2 aromatic heterocycles. The van der Waals surface area contributed by atoms with Crippen LogP contribution < -0.4 is 20.1 Å². The molecule has 2 aromatic carbocycles. The summed E-state index contributed by atoms with van der Waals surface area (Å²) in [6.07, 6.45) is 4.22. The number of rotatable bonds is 12. The molecule has 4 aromatic rings. The van der Waals surface area contributed by atoms with Gasteiger partial charge in [-0.25, -0.2) is 19.2 Å². The molecule has 0 aliphatic rings. The van der Waals surface area contributed by atoms with E-state index >= 15 is 0 Å². The largest absolute Gasteiger partial charge is 0.494 e. The van der Waals surface area contributed by atoms with Crippen LogP contribution in [0.5, 0.6) is 5.75 Å². The number of methoxy groups -OCH3 is 1. The van der Waals surface area contributed by atoms with Gasteiger partial charge in [-0.15, -0.1) is 0 Å². The number of halogens is 2. The first-order chi connectivity index (χ1) is 20.1. The summed E-state index contributed by atoms with van der Waals surface area (Å²) in [7, 11) is 1.28. The van der Waals surface area contributed by atoms with Gasteiger partial charge in [0.15, 0.2) is 23.0 Å². The molecule has 0 saturated carbocycles. The number of hydrogen-bond donors (Lipinski definition) is 3. The van der Waals surface area contributed by atoms with Crippen molar-refractivity contribution >= 4 is 35.2 Å². The van der Waals surface area contributed by atoms with E-state index < -0.39 is 23.3 Å². The molecule has 0 fully saturated rings. The molecule has 224 valence electrons. The highest BCUT2D eigenvalue weighted by Crippen LogP contribution is 2.32. The monoisotopic (exact) mass is 600 g/mol. The van der Waals surface area contributed by atoms with Crippen LogP contribution >= 0.6 is 11.9 Å². The summed E-state index contributed by atoms with van der Waals surface area (Å²) >= 11 is 1.49. The number of fused-ring (bicyclic) bond motifs is 1. The fourth-order valence-electron chi connectivity index (χ4n) is 3.96. The lowest BCUT2D eigenvalue weighted by atomic mass is 10.1. The van der Waals surface area contributed by atoms with E-state index in [-0.39, 0.29) is 11.3 Å². The number of nitrogens with one attached hydrogen (secondary N) is 3. The van der Waals surface area contributed by atoms with Gasteiger partial charge < -0.3 is 24.8 Å². The Bertz CT molecular complexity index is 1540. The second-order valence-electron chi connectivity index (χ2n) is 10.2. The van der Waals surface area contributed by atoms with Gasteiger partial charge in [0.25, 0.3) is 0 Å². The zero-order valence-electron chi connectivity index (χ0n) is 24.1. The quantitative estimate of drug-likeness (QED) is 0.136. The molecule has 3 N–H and O–H groups in total. The standard InChI is InChI=1S/C29H34F2N6O4S/c1-18-16-19(6-9-23(18)42-35-12-15-40-14-11-33-28(38)41-29(2,3)4)36-26-27-34-17-21(37(27)13-10-32-26)20-7-8-22(39-5)25(31)24(20)30/h6-10,13,16-17,35H,11-12,14-15H2,1-5H3,(H,32,36)(H,33,38). The molecule has 0 spiro atoms. The van der Waals surface area contributed by atoms with E-state index in [0.29, 0.717) is 43.5 Å². The van der Waals surface area contributed by atoms with Crippen molar-refractivity contribution in [2.45, 2.75) is 38.2 Å². The third-order valence-corrected chi connectivity index (χ3v) is 6.88. The van der Waals surface area contributed by atoms with Crippen molar-refractivity contribution in [3.05, 3.63) is 66.1 Å². The van der Waals surface area contributed by atoms with Gasteiger partial charge in [-0.05, 0) is 75.5 Å². The fourth-order valence-corrected chi connectivity index (χ4v) is 4.65. The van der Waals surface area contributed by atoms with Crippen LogP contribution in [0.4, 0.5) is 25.1 Å². The highest BCUT2D eigenvalue weighted by atomic mass is 32.2. The number of carbonyl (C=O) groups excluding carboxylic acids is 1. The van der Waals surface area contributed by atoms with Gasteiger partial charge in [0.2, 0.25) is 5.82 Å².